The molecule has 0 aliphatic heterocycles. The van der Waals surface area contributed by atoms with E-state index in [1.807, 2.05) is 0 Å². The quantitative estimate of drug-likeness (QED) is 0.549. The molecule has 1 N–H and O–H groups in total. The highest BCUT2D eigenvalue weighted by Gasteiger charge is 1.97. The van der Waals surface area contributed by atoms with Gasteiger partial charge in [-0.3, -0.25) is 4.79 Å². The minimum Gasteiger partial charge on any atom is -0.499 e. The number of amides is 1. The molecule has 0 unspecified atom stereocenters. The first-order chi connectivity index (χ1) is 9.22. The van der Waals surface area contributed by atoms with E-state index in [1.54, 1.807) is 24.3 Å². The van der Waals surface area contributed by atoms with Gasteiger partial charge in [-0.15, -0.1) is 0 Å². The predicted octanol–water partition coefficient (Wildman–Crippen LogP) is 2.20. The number of hydrogen-bond acceptors (Lipinski definition) is 4. The molecular formula is C14H19NO4. The van der Waals surface area contributed by atoms with Crippen molar-refractivity contribution >= 4 is 11.6 Å². The van der Waals surface area contributed by atoms with Gasteiger partial charge in [-0.1, -0.05) is 6.58 Å². The molecule has 0 saturated carbocycles. The van der Waals surface area contributed by atoms with Gasteiger partial charge in [-0.05, 0) is 24.3 Å². The summed E-state index contributed by atoms with van der Waals surface area (Å²) in [4.78, 5) is 10.8. The third kappa shape index (κ3) is 7.10. The molecule has 0 aliphatic rings. The fraction of sp³-hybridized carbons (Fsp3) is 0.357. The summed E-state index contributed by atoms with van der Waals surface area (Å²) in [5, 5.41) is 2.69. The van der Waals surface area contributed by atoms with Crippen molar-refractivity contribution in [3.63, 3.8) is 0 Å². The van der Waals surface area contributed by atoms with Gasteiger partial charge in [-0.2, -0.15) is 0 Å². The van der Waals surface area contributed by atoms with Gasteiger partial charge >= 0.3 is 0 Å². The van der Waals surface area contributed by atoms with E-state index in [0.29, 0.717) is 26.4 Å². The molecule has 104 valence electrons. The van der Waals surface area contributed by atoms with Crippen molar-refractivity contribution in [3.05, 3.63) is 37.1 Å². The Bertz CT molecular complexity index is 389. The van der Waals surface area contributed by atoms with E-state index >= 15 is 0 Å². The summed E-state index contributed by atoms with van der Waals surface area (Å²) < 4.78 is 15.7. The summed E-state index contributed by atoms with van der Waals surface area (Å²) in [6.07, 6.45) is 1.39. The minimum absolute atomic E-state index is 0.0937. The SMILES string of the molecule is C=COCCOCCOc1ccc(NC(C)=O)cc1. The lowest BCUT2D eigenvalue weighted by atomic mass is 10.3. The van der Waals surface area contributed by atoms with Crippen LogP contribution in [0.4, 0.5) is 5.69 Å². The van der Waals surface area contributed by atoms with E-state index in [-0.39, 0.29) is 5.91 Å². The van der Waals surface area contributed by atoms with Gasteiger partial charge in [0.2, 0.25) is 5.91 Å². The minimum atomic E-state index is -0.0937. The number of ether oxygens (including phenoxy) is 3. The zero-order valence-electron chi connectivity index (χ0n) is 11.1. The smallest absolute Gasteiger partial charge is 0.221 e. The first-order valence-electron chi connectivity index (χ1n) is 6.03. The lowest BCUT2D eigenvalue weighted by Crippen LogP contribution is -2.10. The Balaban J connectivity index is 2.15. The first kappa shape index (κ1) is 15.0. The second-order valence-corrected chi connectivity index (χ2v) is 3.70. The average molecular weight is 265 g/mol. The van der Waals surface area contributed by atoms with Crippen LogP contribution in [0.15, 0.2) is 37.1 Å². The summed E-state index contributed by atoms with van der Waals surface area (Å²) >= 11 is 0. The summed E-state index contributed by atoms with van der Waals surface area (Å²) in [5.41, 5.74) is 0.748. The van der Waals surface area contributed by atoms with Crippen molar-refractivity contribution in [2.45, 2.75) is 6.92 Å². The van der Waals surface area contributed by atoms with Crippen LogP contribution in [0, 0.1) is 0 Å². The Kier molecular flexibility index (Phi) is 7.12. The van der Waals surface area contributed by atoms with Gasteiger partial charge in [0.25, 0.3) is 0 Å². The van der Waals surface area contributed by atoms with Gasteiger partial charge in [0.15, 0.2) is 0 Å². The molecule has 5 heteroatoms. The van der Waals surface area contributed by atoms with E-state index in [2.05, 4.69) is 11.9 Å². The van der Waals surface area contributed by atoms with Gasteiger partial charge in [0.1, 0.15) is 19.0 Å². The van der Waals surface area contributed by atoms with Crippen molar-refractivity contribution in [2.24, 2.45) is 0 Å². The van der Waals surface area contributed by atoms with Crippen LogP contribution >= 0.6 is 0 Å². The zero-order chi connectivity index (χ0) is 13.9. The highest BCUT2D eigenvalue weighted by Crippen LogP contribution is 2.15. The maximum absolute atomic E-state index is 10.8. The summed E-state index contributed by atoms with van der Waals surface area (Å²) in [6, 6.07) is 7.17. The molecule has 1 rings (SSSR count). The molecule has 0 aromatic heterocycles. The van der Waals surface area contributed by atoms with Crippen LogP contribution < -0.4 is 10.1 Å². The monoisotopic (exact) mass is 265 g/mol. The highest BCUT2D eigenvalue weighted by molar-refractivity contribution is 5.88. The third-order valence-electron chi connectivity index (χ3n) is 2.13. The Hall–Kier alpha value is -2.01. The number of anilines is 1. The predicted molar refractivity (Wildman–Crippen MR) is 73.2 cm³/mol. The molecule has 0 saturated heterocycles. The van der Waals surface area contributed by atoms with Crippen molar-refractivity contribution < 1.29 is 19.0 Å². The number of nitrogens with one attached hydrogen (secondary N) is 1. The molecule has 0 aliphatic carbocycles. The molecule has 0 heterocycles. The van der Waals surface area contributed by atoms with E-state index in [1.165, 1.54) is 13.2 Å². The average Bonchev–Trinajstić information content (AvgIpc) is 2.39. The molecule has 0 spiro atoms. The first-order valence-corrected chi connectivity index (χ1v) is 6.03. The lowest BCUT2D eigenvalue weighted by Gasteiger charge is -2.08. The largest absolute Gasteiger partial charge is 0.499 e. The normalized spacial score (nSPS) is 9.74. The van der Waals surface area contributed by atoms with Crippen LogP contribution in [0.3, 0.4) is 0 Å². The number of carbonyl (C=O) groups is 1. The second kappa shape index (κ2) is 8.99. The number of hydrogen-bond donors (Lipinski definition) is 1. The molecule has 19 heavy (non-hydrogen) atoms. The van der Waals surface area contributed by atoms with Gasteiger partial charge in [0, 0.05) is 12.6 Å². The lowest BCUT2D eigenvalue weighted by molar-refractivity contribution is -0.114. The van der Waals surface area contributed by atoms with Crippen LogP contribution in [0.5, 0.6) is 5.75 Å². The van der Waals surface area contributed by atoms with Crippen LogP contribution in [0.25, 0.3) is 0 Å². The van der Waals surface area contributed by atoms with E-state index < -0.39 is 0 Å². The summed E-state index contributed by atoms with van der Waals surface area (Å²) in [5.74, 6) is 0.642. The van der Waals surface area contributed by atoms with E-state index in [0.717, 1.165) is 11.4 Å². The molecule has 1 aromatic rings. The Morgan fingerprint density at radius 2 is 1.89 bits per heavy atom. The van der Waals surface area contributed by atoms with Crippen molar-refractivity contribution in [3.8, 4) is 5.75 Å². The fourth-order valence-electron chi connectivity index (χ4n) is 1.35. The van der Waals surface area contributed by atoms with Crippen LogP contribution in [-0.2, 0) is 14.3 Å². The zero-order valence-corrected chi connectivity index (χ0v) is 11.1. The van der Waals surface area contributed by atoms with Gasteiger partial charge in [-0.25, -0.2) is 0 Å². The standard InChI is InChI=1S/C14H19NO4/c1-3-17-8-9-18-10-11-19-14-6-4-13(5-7-14)15-12(2)16/h3-7H,1,8-11H2,2H3,(H,15,16). The van der Waals surface area contributed by atoms with E-state index in [9.17, 15) is 4.79 Å². The summed E-state index contributed by atoms with van der Waals surface area (Å²) in [6.45, 7) is 6.87. The number of carbonyl (C=O) groups excluding carboxylic acids is 1. The van der Waals surface area contributed by atoms with Crippen molar-refractivity contribution in [1.29, 1.82) is 0 Å². The molecule has 0 atom stereocenters. The van der Waals surface area contributed by atoms with Crippen LogP contribution in [0.1, 0.15) is 6.92 Å². The molecule has 0 fully saturated rings. The molecule has 0 bridgehead atoms. The van der Waals surface area contributed by atoms with Gasteiger partial charge in [0.05, 0.1) is 19.5 Å². The highest BCUT2D eigenvalue weighted by atomic mass is 16.5. The number of benzene rings is 1. The van der Waals surface area contributed by atoms with Crippen LogP contribution in [0.2, 0.25) is 0 Å². The Morgan fingerprint density at radius 1 is 1.21 bits per heavy atom. The maximum atomic E-state index is 10.8. The second-order valence-electron chi connectivity index (χ2n) is 3.70. The van der Waals surface area contributed by atoms with Crippen molar-refractivity contribution in [2.75, 3.05) is 31.7 Å². The Labute approximate surface area is 113 Å². The molecule has 1 amide bonds. The molecule has 0 radical (unpaired) electrons. The molecular weight excluding hydrogens is 246 g/mol. The van der Waals surface area contributed by atoms with Crippen LogP contribution in [-0.4, -0.2) is 32.3 Å². The molecule has 5 nitrogen and oxygen atoms in total. The van der Waals surface area contributed by atoms with Crippen molar-refractivity contribution in [1.82, 2.24) is 0 Å². The summed E-state index contributed by atoms with van der Waals surface area (Å²) in [7, 11) is 0. The van der Waals surface area contributed by atoms with E-state index in [4.69, 9.17) is 14.2 Å². The number of rotatable bonds is 9. The van der Waals surface area contributed by atoms with Gasteiger partial charge < -0.3 is 19.5 Å². The fourth-order valence-corrected chi connectivity index (χ4v) is 1.35. The topological polar surface area (TPSA) is 56.8 Å². The Morgan fingerprint density at radius 3 is 2.53 bits per heavy atom. The third-order valence-corrected chi connectivity index (χ3v) is 2.13. The molecule has 1 aromatic carbocycles. The maximum Gasteiger partial charge on any atom is 0.221 e.